The molecule has 3 rings (SSSR count). The molecule has 0 aliphatic rings. The molecule has 1 aromatic heterocycles. The van der Waals surface area contributed by atoms with Crippen molar-refractivity contribution in [3.05, 3.63) is 74.6 Å². The monoisotopic (exact) mass is 399 g/mol. The summed E-state index contributed by atoms with van der Waals surface area (Å²) in [6.07, 6.45) is 0.957. The van der Waals surface area contributed by atoms with Crippen LogP contribution in [-0.4, -0.2) is 5.91 Å². The number of carbonyl (C=O) groups excluding carboxylic acids is 1. The molecule has 4 nitrogen and oxygen atoms in total. The van der Waals surface area contributed by atoms with Crippen LogP contribution < -0.4 is 10.9 Å². The minimum absolute atomic E-state index is 0.00967. The van der Waals surface area contributed by atoms with Crippen LogP contribution >= 0.6 is 15.9 Å². The fourth-order valence-corrected chi connectivity index (χ4v) is 3.08. The highest BCUT2D eigenvalue weighted by atomic mass is 79.9. The van der Waals surface area contributed by atoms with Gasteiger partial charge in [-0.25, -0.2) is 4.79 Å². The number of halogens is 1. The van der Waals surface area contributed by atoms with E-state index >= 15 is 0 Å². The Balaban J connectivity index is 1.98. The molecule has 0 aliphatic carbocycles. The van der Waals surface area contributed by atoms with Crippen LogP contribution in [0.5, 0.6) is 0 Å². The molecule has 1 heterocycles. The van der Waals surface area contributed by atoms with Gasteiger partial charge < -0.3 is 9.73 Å². The van der Waals surface area contributed by atoms with E-state index in [0.29, 0.717) is 16.9 Å². The average molecular weight is 400 g/mol. The van der Waals surface area contributed by atoms with Crippen LogP contribution in [0.1, 0.15) is 42.1 Å². The number of hydrogen-bond donors (Lipinski definition) is 1. The number of para-hydroxylation sites is 1. The van der Waals surface area contributed by atoms with Crippen LogP contribution in [0.25, 0.3) is 11.0 Å². The molecule has 25 heavy (non-hydrogen) atoms. The summed E-state index contributed by atoms with van der Waals surface area (Å²) < 4.78 is 6.12. The first-order valence-electron chi connectivity index (χ1n) is 8.13. The lowest BCUT2D eigenvalue weighted by Crippen LogP contribution is -2.21. The van der Waals surface area contributed by atoms with Gasteiger partial charge in [0.2, 0.25) is 0 Å². The van der Waals surface area contributed by atoms with E-state index in [1.807, 2.05) is 30.3 Å². The molecule has 1 N–H and O–H groups in total. The van der Waals surface area contributed by atoms with E-state index in [-0.39, 0.29) is 5.56 Å². The van der Waals surface area contributed by atoms with E-state index in [4.69, 9.17) is 4.42 Å². The van der Waals surface area contributed by atoms with E-state index in [2.05, 4.69) is 35.1 Å². The number of benzene rings is 2. The molecule has 2 aromatic carbocycles. The largest absolute Gasteiger partial charge is 0.422 e. The van der Waals surface area contributed by atoms with Crippen molar-refractivity contribution in [2.75, 3.05) is 5.32 Å². The van der Waals surface area contributed by atoms with E-state index < -0.39 is 11.5 Å². The fourth-order valence-electron chi connectivity index (χ4n) is 2.70. The number of hydrogen-bond acceptors (Lipinski definition) is 3. The maximum Gasteiger partial charge on any atom is 0.349 e. The van der Waals surface area contributed by atoms with Gasteiger partial charge in [-0.3, -0.25) is 4.79 Å². The van der Waals surface area contributed by atoms with Crippen LogP contribution in [0.2, 0.25) is 0 Å². The summed E-state index contributed by atoms with van der Waals surface area (Å²) in [6, 6.07) is 14.5. The molecule has 3 aromatic rings. The van der Waals surface area contributed by atoms with Gasteiger partial charge in [-0.15, -0.1) is 0 Å². The molecule has 0 unspecified atom stereocenters. The molecule has 128 valence electrons. The van der Waals surface area contributed by atoms with Gasteiger partial charge >= 0.3 is 5.63 Å². The minimum atomic E-state index is -0.645. The second kappa shape index (κ2) is 7.23. The van der Waals surface area contributed by atoms with Crippen molar-refractivity contribution in [3.8, 4) is 0 Å². The second-order valence-corrected chi connectivity index (χ2v) is 6.90. The first kappa shape index (κ1) is 17.4. The van der Waals surface area contributed by atoms with Crippen molar-refractivity contribution in [2.45, 2.75) is 26.2 Å². The number of rotatable bonds is 4. The Morgan fingerprint density at radius 3 is 2.72 bits per heavy atom. The number of amides is 1. The smallest absolute Gasteiger partial charge is 0.349 e. The quantitative estimate of drug-likeness (QED) is 0.603. The summed E-state index contributed by atoms with van der Waals surface area (Å²) >= 11 is 3.38. The maximum atomic E-state index is 12.6. The summed E-state index contributed by atoms with van der Waals surface area (Å²) in [4.78, 5) is 24.8. The van der Waals surface area contributed by atoms with Crippen LogP contribution in [0.3, 0.4) is 0 Å². The Hall–Kier alpha value is -2.40. The summed E-state index contributed by atoms with van der Waals surface area (Å²) in [5.74, 6) is -0.160. The number of fused-ring (bicyclic) bond motifs is 1. The van der Waals surface area contributed by atoms with Crippen LogP contribution in [0, 0.1) is 0 Å². The van der Waals surface area contributed by atoms with Crippen LogP contribution in [0.4, 0.5) is 5.69 Å². The highest BCUT2D eigenvalue weighted by Gasteiger charge is 2.16. The Kier molecular flexibility index (Phi) is 5.04. The molecule has 0 aliphatic heterocycles. The van der Waals surface area contributed by atoms with Gasteiger partial charge in [0.1, 0.15) is 11.1 Å². The molecule has 0 saturated heterocycles. The van der Waals surface area contributed by atoms with Crippen molar-refractivity contribution < 1.29 is 9.21 Å². The van der Waals surface area contributed by atoms with E-state index in [1.54, 1.807) is 18.2 Å². The Morgan fingerprint density at radius 2 is 1.96 bits per heavy atom. The van der Waals surface area contributed by atoms with Gasteiger partial charge in [0, 0.05) is 15.5 Å². The van der Waals surface area contributed by atoms with Crippen molar-refractivity contribution in [2.24, 2.45) is 0 Å². The Labute approximate surface area is 154 Å². The number of carbonyl (C=O) groups is 1. The summed E-state index contributed by atoms with van der Waals surface area (Å²) in [7, 11) is 0. The highest BCUT2D eigenvalue weighted by molar-refractivity contribution is 9.10. The van der Waals surface area contributed by atoms with E-state index in [9.17, 15) is 9.59 Å². The number of nitrogens with one attached hydrogen (secondary N) is 1. The van der Waals surface area contributed by atoms with Gasteiger partial charge in [-0.1, -0.05) is 48.0 Å². The molecule has 0 bridgehead atoms. The van der Waals surface area contributed by atoms with Gasteiger partial charge in [0.15, 0.2) is 0 Å². The molecular weight excluding hydrogens is 382 g/mol. The Morgan fingerprint density at radius 1 is 1.20 bits per heavy atom. The predicted molar refractivity (Wildman–Crippen MR) is 103 cm³/mol. The maximum absolute atomic E-state index is 12.6. The molecule has 0 saturated carbocycles. The highest BCUT2D eigenvalue weighted by Crippen LogP contribution is 2.27. The third-order valence-corrected chi connectivity index (χ3v) is 4.78. The lowest BCUT2D eigenvalue weighted by atomic mass is 9.97. The van der Waals surface area contributed by atoms with Crippen molar-refractivity contribution in [1.29, 1.82) is 0 Å². The first-order valence-corrected chi connectivity index (χ1v) is 8.92. The van der Waals surface area contributed by atoms with Crippen LogP contribution in [-0.2, 0) is 0 Å². The molecule has 1 atom stereocenters. The lowest BCUT2D eigenvalue weighted by Gasteiger charge is -2.15. The fraction of sp³-hybridized carbons (Fsp3) is 0.200. The van der Waals surface area contributed by atoms with E-state index in [1.165, 1.54) is 0 Å². The summed E-state index contributed by atoms with van der Waals surface area (Å²) in [5, 5.41) is 3.54. The molecule has 0 fully saturated rings. The van der Waals surface area contributed by atoms with Gasteiger partial charge in [-0.05, 0) is 48.2 Å². The van der Waals surface area contributed by atoms with Crippen molar-refractivity contribution >= 4 is 38.5 Å². The normalized spacial score (nSPS) is 12.1. The lowest BCUT2D eigenvalue weighted by molar-refractivity contribution is 0.102. The minimum Gasteiger partial charge on any atom is -0.422 e. The molecular formula is C20H18BrNO3. The van der Waals surface area contributed by atoms with Crippen LogP contribution in [0.15, 0.2) is 62.2 Å². The predicted octanol–water partition coefficient (Wildman–Crippen LogP) is 5.32. The summed E-state index contributed by atoms with van der Waals surface area (Å²) in [6.45, 7) is 4.20. The van der Waals surface area contributed by atoms with E-state index in [0.717, 1.165) is 22.1 Å². The first-order chi connectivity index (χ1) is 12.0. The zero-order chi connectivity index (χ0) is 18.0. The average Bonchev–Trinajstić information content (AvgIpc) is 2.61. The molecule has 0 spiro atoms. The molecule has 1 amide bonds. The van der Waals surface area contributed by atoms with Gasteiger partial charge in [-0.2, -0.15) is 0 Å². The van der Waals surface area contributed by atoms with Gasteiger partial charge in [0.05, 0.1) is 0 Å². The number of anilines is 1. The van der Waals surface area contributed by atoms with Gasteiger partial charge in [0.25, 0.3) is 5.91 Å². The standard InChI is InChI=1S/C20H18BrNO3/c1-3-12(2)15-6-4-5-7-17(15)22-19(23)16-11-13-10-14(21)8-9-18(13)25-20(16)24/h4-12H,3H2,1-2H3,(H,22,23)/t12-/m0/s1. The topological polar surface area (TPSA) is 59.3 Å². The SMILES string of the molecule is CC[C@H](C)c1ccccc1NC(=O)c1cc2cc(Br)ccc2oc1=O. The molecule has 0 radical (unpaired) electrons. The van der Waals surface area contributed by atoms with Crippen molar-refractivity contribution in [3.63, 3.8) is 0 Å². The second-order valence-electron chi connectivity index (χ2n) is 5.98. The third kappa shape index (κ3) is 3.66. The zero-order valence-corrected chi connectivity index (χ0v) is 15.6. The molecule has 5 heteroatoms. The zero-order valence-electron chi connectivity index (χ0n) is 14.0. The summed E-state index contributed by atoms with van der Waals surface area (Å²) in [5.41, 5.74) is 1.56. The third-order valence-electron chi connectivity index (χ3n) is 4.29. The van der Waals surface area contributed by atoms with Crippen molar-refractivity contribution in [1.82, 2.24) is 0 Å². The Bertz CT molecular complexity index is 994.